The topological polar surface area (TPSA) is 42.0 Å². The average Bonchev–Trinajstić information content (AvgIpc) is 2.70. The van der Waals surface area contributed by atoms with Gasteiger partial charge in [-0.2, -0.15) is 0 Å². The molecule has 3 rings (SSSR count). The van der Waals surface area contributed by atoms with E-state index >= 15 is 0 Å². The quantitative estimate of drug-likeness (QED) is 0.442. The third-order valence-electron chi connectivity index (χ3n) is 4.75. The van der Waals surface area contributed by atoms with Gasteiger partial charge in [-0.3, -0.25) is 4.79 Å². The maximum atomic E-state index is 12.6. The van der Waals surface area contributed by atoms with Gasteiger partial charge in [0.1, 0.15) is 5.69 Å². The molecule has 3 aromatic rings. The van der Waals surface area contributed by atoms with Gasteiger partial charge in [0.15, 0.2) is 0 Å². The van der Waals surface area contributed by atoms with Crippen LogP contribution in [0.5, 0.6) is 0 Å². The molecule has 0 bridgehead atoms. The zero-order valence-corrected chi connectivity index (χ0v) is 18.3. The summed E-state index contributed by atoms with van der Waals surface area (Å²) in [4.78, 5) is 16.8. The van der Waals surface area contributed by atoms with Crippen LogP contribution < -0.4 is 5.32 Å². The fourth-order valence-electron chi connectivity index (χ4n) is 3.13. The molecule has 0 spiro atoms. The summed E-state index contributed by atoms with van der Waals surface area (Å²) >= 11 is 15.5. The molecule has 1 heterocycles. The number of halogens is 3. The highest BCUT2D eigenvalue weighted by Crippen LogP contribution is 2.33. The van der Waals surface area contributed by atoms with Gasteiger partial charge in [-0.1, -0.05) is 54.4 Å². The Hall–Kier alpha value is -1.88. The van der Waals surface area contributed by atoms with Crippen molar-refractivity contribution in [1.29, 1.82) is 0 Å². The third kappa shape index (κ3) is 5.13. The van der Waals surface area contributed by atoms with Crippen LogP contribution in [0.3, 0.4) is 0 Å². The van der Waals surface area contributed by atoms with Crippen molar-refractivity contribution in [2.24, 2.45) is 0 Å². The van der Waals surface area contributed by atoms with E-state index in [2.05, 4.69) is 33.2 Å². The minimum Gasteiger partial charge on any atom is -0.350 e. The summed E-state index contributed by atoms with van der Waals surface area (Å²) in [6, 6.07) is 19.1. The Labute approximate surface area is 183 Å². The van der Waals surface area contributed by atoms with E-state index in [4.69, 9.17) is 23.2 Å². The van der Waals surface area contributed by atoms with Gasteiger partial charge in [-0.15, -0.1) is 0 Å². The molecule has 1 aromatic heterocycles. The Kier molecular flexibility index (Phi) is 7.11. The maximum absolute atomic E-state index is 12.6. The molecule has 2 unspecified atom stereocenters. The molecule has 2 aromatic carbocycles. The van der Waals surface area contributed by atoms with Crippen molar-refractivity contribution in [3.63, 3.8) is 0 Å². The number of hydrogen-bond donors (Lipinski definition) is 1. The predicted octanol–water partition coefficient (Wildman–Crippen LogP) is 6.47. The Balaban J connectivity index is 1.84. The van der Waals surface area contributed by atoms with E-state index < -0.39 is 0 Å². The molecule has 144 valence electrons. The zero-order valence-electron chi connectivity index (χ0n) is 15.2. The van der Waals surface area contributed by atoms with Crippen LogP contribution in [0.15, 0.2) is 71.3 Å². The molecule has 2 atom stereocenters. The third-order valence-corrected chi connectivity index (χ3v) is 5.90. The Morgan fingerprint density at radius 3 is 2.14 bits per heavy atom. The lowest BCUT2D eigenvalue weighted by Crippen LogP contribution is -2.31. The lowest BCUT2D eigenvalue weighted by molar-refractivity contribution is 0.0944. The molecule has 0 radical (unpaired) electrons. The number of amides is 1. The molecule has 0 fully saturated rings. The molecule has 3 nitrogen and oxygen atoms in total. The van der Waals surface area contributed by atoms with Crippen molar-refractivity contribution in [2.45, 2.75) is 18.8 Å². The monoisotopic (exact) mass is 476 g/mol. The SMILES string of the molecule is CC(c1ccc(Cl)cc1)C(CNC(=O)c1ncccc1Br)c1ccc(Cl)cc1. The van der Waals surface area contributed by atoms with Gasteiger partial charge in [0.2, 0.25) is 0 Å². The molecule has 6 heteroatoms. The van der Waals surface area contributed by atoms with Crippen molar-refractivity contribution in [3.8, 4) is 0 Å². The average molecular weight is 478 g/mol. The summed E-state index contributed by atoms with van der Waals surface area (Å²) in [6.07, 6.45) is 1.60. The highest BCUT2D eigenvalue weighted by atomic mass is 79.9. The molecule has 28 heavy (non-hydrogen) atoms. The molecular weight excluding hydrogens is 459 g/mol. The van der Waals surface area contributed by atoms with Gasteiger partial charge >= 0.3 is 0 Å². The minimum atomic E-state index is -0.213. The van der Waals surface area contributed by atoms with Gasteiger partial charge in [-0.05, 0) is 69.4 Å². The number of nitrogens with one attached hydrogen (secondary N) is 1. The van der Waals surface area contributed by atoms with Crippen molar-refractivity contribution in [1.82, 2.24) is 10.3 Å². The van der Waals surface area contributed by atoms with E-state index in [1.165, 1.54) is 0 Å². The number of nitrogens with zero attached hydrogens (tertiary/aromatic N) is 1. The molecular formula is C22H19BrCl2N2O. The van der Waals surface area contributed by atoms with Gasteiger partial charge in [0, 0.05) is 33.2 Å². The lowest BCUT2D eigenvalue weighted by Gasteiger charge is -2.25. The van der Waals surface area contributed by atoms with Gasteiger partial charge in [0.05, 0.1) is 0 Å². The van der Waals surface area contributed by atoms with Crippen LogP contribution >= 0.6 is 39.1 Å². The highest BCUT2D eigenvalue weighted by molar-refractivity contribution is 9.10. The number of aromatic nitrogens is 1. The minimum absolute atomic E-state index is 0.0601. The number of carbonyl (C=O) groups excluding carboxylic acids is 1. The smallest absolute Gasteiger partial charge is 0.271 e. The summed E-state index contributed by atoms with van der Waals surface area (Å²) < 4.78 is 0.668. The molecule has 1 N–H and O–H groups in total. The first kappa shape index (κ1) is 20.8. The molecule has 0 aliphatic carbocycles. The first-order chi connectivity index (χ1) is 13.5. The van der Waals surface area contributed by atoms with E-state index in [1.54, 1.807) is 18.3 Å². The van der Waals surface area contributed by atoms with E-state index in [-0.39, 0.29) is 17.7 Å². The fraction of sp³-hybridized carbons (Fsp3) is 0.182. The highest BCUT2D eigenvalue weighted by Gasteiger charge is 2.23. The van der Waals surface area contributed by atoms with Crippen LogP contribution in [0, 0.1) is 0 Å². The maximum Gasteiger partial charge on any atom is 0.271 e. The second kappa shape index (κ2) is 9.55. The van der Waals surface area contributed by atoms with E-state index in [0.717, 1.165) is 11.1 Å². The fourth-order valence-corrected chi connectivity index (χ4v) is 3.82. The second-order valence-corrected chi connectivity index (χ2v) is 8.27. The zero-order chi connectivity index (χ0) is 20.1. The summed E-state index contributed by atoms with van der Waals surface area (Å²) in [5.74, 6) is 0.00513. The Morgan fingerprint density at radius 2 is 1.57 bits per heavy atom. The van der Waals surface area contributed by atoms with Crippen LogP contribution in [0.4, 0.5) is 0 Å². The van der Waals surface area contributed by atoms with Crippen molar-refractivity contribution in [2.75, 3.05) is 6.54 Å². The first-order valence-corrected chi connectivity index (χ1v) is 10.4. The molecule has 0 saturated carbocycles. The van der Waals surface area contributed by atoms with E-state index in [1.807, 2.05) is 48.5 Å². The lowest BCUT2D eigenvalue weighted by atomic mass is 9.82. The van der Waals surface area contributed by atoms with Crippen molar-refractivity contribution in [3.05, 3.63) is 98.2 Å². The second-order valence-electron chi connectivity index (χ2n) is 6.54. The van der Waals surface area contributed by atoms with Crippen molar-refractivity contribution >= 4 is 45.0 Å². The van der Waals surface area contributed by atoms with Crippen LogP contribution in [0.1, 0.15) is 40.4 Å². The van der Waals surface area contributed by atoms with Crippen LogP contribution in [-0.4, -0.2) is 17.4 Å². The van der Waals surface area contributed by atoms with Crippen molar-refractivity contribution < 1.29 is 4.79 Å². The standard InChI is InChI=1S/C22H19BrCl2N2O/c1-14(15-4-8-17(24)9-5-15)19(16-6-10-18(25)11-7-16)13-27-22(28)21-20(23)3-2-12-26-21/h2-12,14,19H,13H2,1H3,(H,27,28). The molecule has 0 aliphatic heterocycles. The Morgan fingerprint density at radius 1 is 1.00 bits per heavy atom. The number of benzene rings is 2. The number of hydrogen-bond acceptors (Lipinski definition) is 2. The van der Waals surface area contributed by atoms with Gasteiger partial charge < -0.3 is 5.32 Å². The van der Waals surface area contributed by atoms with Gasteiger partial charge in [0.25, 0.3) is 5.91 Å². The summed E-state index contributed by atoms with van der Waals surface area (Å²) in [6.45, 7) is 2.61. The summed E-state index contributed by atoms with van der Waals surface area (Å²) in [5.41, 5.74) is 2.63. The van der Waals surface area contributed by atoms with Crippen LogP contribution in [0.2, 0.25) is 10.0 Å². The molecule has 0 aliphatic rings. The van der Waals surface area contributed by atoms with Crippen LogP contribution in [0.25, 0.3) is 0 Å². The normalized spacial score (nSPS) is 13.0. The molecule has 0 saturated heterocycles. The molecule has 1 amide bonds. The van der Waals surface area contributed by atoms with Gasteiger partial charge in [-0.25, -0.2) is 4.98 Å². The number of rotatable bonds is 6. The number of pyridine rings is 1. The summed E-state index contributed by atoms with van der Waals surface area (Å²) in [7, 11) is 0. The van der Waals surface area contributed by atoms with E-state index in [9.17, 15) is 4.79 Å². The largest absolute Gasteiger partial charge is 0.350 e. The van der Waals surface area contributed by atoms with E-state index in [0.29, 0.717) is 26.8 Å². The number of carbonyl (C=O) groups is 1. The summed E-state index contributed by atoms with van der Waals surface area (Å²) in [5, 5.41) is 4.41. The Bertz CT molecular complexity index is 946. The first-order valence-electron chi connectivity index (χ1n) is 8.85. The predicted molar refractivity (Wildman–Crippen MR) is 118 cm³/mol. The van der Waals surface area contributed by atoms with Crippen LogP contribution in [-0.2, 0) is 0 Å².